The molecule has 0 aliphatic heterocycles. The van der Waals surface area contributed by atoms with Crippen LogP contribution in [0.25, 0.3) is 10.2 Å². The molecule has 1 aliphatic carbocycles. The molecule has 0 radical (unpaired) electrons. The lowest BCUT2D eigenvalue weighted by Crippen LogP contribution is -2.17. The van der Waals surface area contributed by atoms with E-state index in [1.165, 1.54) is 28.6 Å². The number of ether oxygens (including phenoxy) is 2. The summed E-state index contributed by atoms with van der Waals surface area (Å²) in [5.41, 5.74) is 1.62. The lowest BCUT2D eigenvalue weighted by molar-refractivity contribution is -0.113. The van der Waals surface area contributed by atoms with Crippen LogP contribution in [0.1, 0.15) is 29.1 Å². The lowest BCUT2D eigenvalue weighted by atomic mass is 9.97. The number of aromatic nitrogens is 3. The highest BCUT2D eigenvalue weighted by molar-refractivity contribution is 7.99. The van der Waals surface area contributed by atoms with Crippen LogP contribution in [0.4, 0.5) is 5.69 Å². The van der Waals surface area contributed by atoms with Crippen LogP contribution in [0, 0.1) is 0 Å². The number of pyridine rings is 1. The summed E-state index contributed by atoms with van der Waals surface area (Å²) in [7, 11) is 1.59. The molecule has 1 amide bonds. The number of anilines is 1. The molecule has 31 heavy (non-hydrogen) atoms. The molecule has 0 aromatic carbocycles. The highest BCUT2D eigenvalue weighted by Crippen LogP contribution is 2.33. The minimum absolute atomic E-state index is 0.0716. The summed E-state index contributed by atoms with van der Waals surface area (Å²) in [5.74, 6) is 1.44. The number of thiophene rings is 1. The zero-order chi connectivity index (χ0) is 21.6. The number of hydrogen-bond donors (Lipinski definition) is 2. The summed E-state index contributed by atoms with van der Waals surface area (Å²) in [5, 5.41) is 3.57. The first-order valence-electron chi connectivity index (χ1n) is 10.1. The number of carbonyl (C=O) groups is 1. The van der Waals surface area contributed by atoms with Crippen LogP contribution in [0.2, 0.25) is 0 Å². The summed E-state index contributed by atoms with van der Waals surface area (Å²) in [6.45, 7) is 0.779. The minimum Gasteiger partial charge on any atom is -0.474 e. The van der Waals surface area contributed by atoms with Gasteiger partial charge in [-0.1, -0.05) is 0 Å². The predicted molar refractivity (Wildman–Crippen MR) is 123 cm³/mol. The summed E-state index contributed by atoms with van der Waals surface area (Å²) >= 11 is 3.02. The molecule has 164 valence electrons. The Kier molecular flexibility index (Phi) is 7.21. The zero-order valence-electron chi connectivity index (χ0n) is 17.2. The highest BCUT2D eigenvalue weighted by Gasteiger charge is 2.19. The average molecular weight is 461 g/mol. The number of fused-ring (bicyclic) bond motifs is 3. The first-order valence-corrected chi connectivity index (χ1v) is 12.1. The quantitative estimate of drug-likeness (QED) is 0.473. The van der Waals surface area contributed by atoms with Crippen molar-refractivity contribution in [3.8, 4) is 5.88 Å². The molecule has 0 unspecified atom stereocenters. The van der Waals surface area contributed by atoms with E-state index in [2.05, 4.69) is 20.3 Å². The molecule has 4 rings (SSSR count). The molecule has 0 atom stereocenters. The van der Waals surface area contributed by atoms with Gasteiger partial charge in [-0.25, -0.2) is 9.97 Å². The van der Waals surface area contributed by atoms with E-state index < -0.39 is 0 Å². The fourth-order valence-corrected chi connectivity index (χ4v) is 5.50. The Morgan fingerprint density at radius 2 is 2.19 bits per heavy atom. The van der Waals surface area contributed by atoms with Crippen LogP contribution in [-0.2, 0) is 28.1 Å². The molecule has 0 saturated carbocycles. The van der Waals surface area contributed by atoms with Gasteiger partial charge in [-0.05, 0) is 43.4 Å². The fraction of sp³-hybridized carbons (Fsp3) is 0.429. The number of amides is 1. The Labute approximate surface area is 187 Å². The third-order valence-electron chi connectivity index (χ3n) is 4.92. The van der Waals surface area contributed by atoms with E-state index in [4.69, 9.17) is 9.47 Å². The first kappa shape index (κ1) is 21.8. The van der Waals surface area contributed by atoms with E-state index in [1.54, 1.807) is 36.8 Å². The molecule has 0 saturated heterocycles. The minimum atomic E-state index is -0.176. The van der Waals surface area contributed by atoms with E-state index in [1.807, 2.05) is 0 Å². The van der Waals surface area contributed by atoms with Gasteiger partial charge >= 0.3 is 0 Å². The van der Waals surface area contributed by atoms with Crippen molar-refractivity contribution in [3.05, 3.63) is 44.9 Å². The van der Waals surface area contributed by atoms with Crippen LogP contribution in [-0.4, -0.2) is 46.9 Å². The molecule has 3 aromatic heterocycles. The smallest absolute Gasteiger partial charge is 0.259 e. The van der Waals surface area contributed by atoms with E-state index in [0.717, 1.165) is 29.5 Å². The van der Waals surface area contributed by atoms with Crippen molar-refractivity contribution in [2.24, 2.45) is 0 Å². The van der Waals surface area contributed by atoms with Crippen LogP contribution in [0.5, 0.6) is 5.88 Å². The van der Waals surface area contributed by atoms with E-state index >= 15 is 0 Å². The third-order valence-corrected chi connectivity index (χ3v) is 7.05. The average Bonchev–Trinajstić information content (AvgIpc) is 3.14. The highest BCUT2D eigenvalue weighted by atomic mass is 32.2. The van der Waals surface area contributed by atoms with Crippen molar-refractivity contribution in [1.29, 1.82) is 0 Å². The van der Waals surface area contributed by atoms with Gasteiger partial charge in [0.05, 0.1) is 23.5 Å². The molecular weight excluding hydrogens is 436 g/mol. The number of thioether (sulfide) groups is 1. The molecule has 0 spiro atoms. The molecule has 0 fully saturated rings. The summed E-state index contributed by atoms with van der Waals surface area (Å²) in [6.07, 6.45) is 5.89. The van der Waals surface area contributed by atoms with Crippen molar-refractivity contribution >= 4 is 44.9 Å². The van der Waals surface area contributed by atoms with Gasteiger partial charge < -0.3 is 19.8 Å². The van der Waals surface area contributed by atoms with Gasteiger partial charge in [-0.15, -0.1) is 23.1 Å². The van der Waals surface area contributed by atoms with Crippen molar-refractivity contribution in [2.45, 2.75) is 31.4 Å². The predicted octanol–water partition coefficient (Wildman–Crippen LogP) is 3.16. The Morgan fingerprint density at radius 1 is 1.32 bits per heavy atom. The molecular formula is C21H24N4O4S2. The molecule has 1 aliphatic rings. The van der Waals surface area contributed by atoms with Gasteiger partial charge in [-0.2, -0.15) is 0 Å². The van der Waals surface area contributed by atoms with Gasteiger partial charge in [-0.3, -0.25) is 9.59 Å². The van der Waals surface area contributed by atoms with Crippen LogP contribution in [0.15, 0.2) is 23.1 Å². The maximum Gasteiger partial charge on any atom is 0.259 e. The maximum atomic E-state index is 12.6. The lowest BCUT2D eigenvalue weighted by Gasteiger charge is -2.11. The topological polar surface area (TPSA) is 106 Å². The number of hydrogen-bond acceptors (Lipinski definition) is 8. The standard InChI is InChI=1S/C21H24N4O4S2/c1-28-9-10-29-20-14(6-4-8-22-20)23-17(26)12-30-11-16-24-19(27)18-13-5-2-3-7-15(13)31-21(18)25-16/h4,6,8H,2-3,5,7,9-12H2,1H3,(H,23,26)(H,24,25,27). The second kappa shape index (κ2) is 10.3. The normalized spacial score (nSPS) is 13.2. The van der Waals surface area contributed by atoms with E-state index in [-0.39, 0.29) is 17.2 Å². The number of H-pyrrole nitrogens is 1. The third kappa shape index (κ3) is 5.25. The van der Waals surface area contributed by atoms with Crippen molar-refractivity contribution in [2.75, 3.05) is 31.4 Å². The van der Waals surface area contributed by atoms with Crippen LogP contribution in [0.3, 0.4) is 0 Å². The Hall–Kier alpha value is -2.43. The van der Waals surface area contributed by atoms with Gasteiger partial charge in [0.15, 0.2) is 0 Å². The van der Waals surface area contributed by atoms with Gasteiger partial charge in [0.2, 0.25) is 11.8 Å². The molecule has 2 N–H and O–H groups in total. The monoisotopic (exact) mass is 460 g/mol. The Bertz CT molecular complexity index is 1130. The second-order valence-corrected chi connectivity index (χ2v) is 9.21. The van der Waals surface area contributed by atoms with Gasteiger partial charge in [0.25, 0.3) is 5.56 Å². The molecule has 0 bridgehead atoms. The number of methoxy groups -OCH3 is 1. The summed E-state index contributed by atoms with van der Waals surface area (Å²) in [6, 6.07) is 3.47. The van der Waals surface area contributed by atoms with Gasteiger partial charge in [0.1, 0.15) is 22.9 Å². The van der Waals surface area contributed by atoms with Crippen molar-refractivity contribution in [3.63, 3.8) is 0 Å². The van der Waals surface area contributed by atoms with Crippen LogP contribution >= 0.6 is 23.1 Å². The Morgan fingerprint density at radius 3 is 3.06 bits per heavy atom. The number of carbonyl (C=O) groups excluding carboxylic acids is 1. The number of aromatic amines is 1. The molecule has 3 aromatic rings. The maximum absolute atomic E-state index is 12.6. The van der Waals surface area contributed by atoms with Crippen LogP contribution < -0.4 is 15.6 Å². The molecule has 3 heterocycles. The largest absolute Gasteiger partial charge is 0.474 e. The SMILES string of the molecule is COCCOc1ncccc1NC(=O)CSCc1nc2sc3c(c2c(=O)[nH]1)CCCC3. The fourth-order valence-electron chi connectivity index (χ4n) is 3.53. The van der Waals surface area contributed by atoms with Crippen molar-refractivity contribution < 1.29 is 14.3 Å². The van der Waals surface area contributed by atoms with E-state index in [0.29, 0.717) is 36.4 Å². The number of rotatable bonds is 9. The second-order valence-electron chi connectivity index (χ2n) is 7.14. The van der Waals surface area contributed by atoms with Crippen molar-refractivity contribution in [1.82, 2.24) is 15.0 Å². The summed E-state index contributed by atoms with van der Waals surface area (Å²) in [4.78, 5) is 38.8. The molecule has 10 heteroatoms. The van der Waals surface area contributed by atoms with Gasteiger partial charge in [0, 0.05) is 18.2 Å². The number of nitrogens with zero attached hydrogens (tertiary/aromatic N) is 2. The Balaban J connectivity index is 1.35. The number of aryl methyl sites for hydroxylation is 2. The number of nitrogens with one attached hydrogen (secondary N) is 2. The molecule has 8 nitrogen and oxygen atoms in total. The zero-order valence-corrected chi connectivity index (χ0v) is 18.9. The summed E-state index contributed by atoms with van der Waals surface area (Å²) < 4.78 is 10.5. The first-order chi connectivity index (χ1) is 15.2. The van der Waals surface area contributed by atoms with E-state index in [9.17, 15) is 9.59 Å².